The molecule has 12 heteroatoms. The Hall–Kier alpha value is -3.90. The second-order valence-electron chi connectivity index (χ2n) is 11.1. The number of alkyl halides is 6. The summed E-state index contributed by atoms with van der Waals surface area (Å²) in [6.07, 6.45) is -2.59. The highest BCUT2D eigenvalue weighted by Crippen LogP contribution is 2.44. The van der Waals surface area contributed by atoms with E-state index in [2.05, 4.69) is 22.5 Å². The van der Waals surface area contributed by atoms with Crippen LogP contribution in [0.1, 0.15) is 44.6 Å². The van der Waals surface area contributed by atoms with Crippen LogP contribution in [0.15, 0.2) is 72.8 Å². The van der Waals surface area contributed by atoms with E-state index in [0.29, 0.717) is 27.6 Å². The van der Waals surface area contributed by atoms with Gasteiger partial charge in [0.05, 0.1) is 9.40 Å². The second kappa shape index (κ2) is 13.0. The molecule has 0 radical (unpaired) electrons. The lowest BCUT2D eigenvalue weighted by molar-refractivity contribution is -0.276. The first kappa shape index (κ1) is 33.0. The molecule has 2 heterocycles. The van der Waals surface area contributed by atoms with E-state index in [9.17, 15) is 30.7 Å². The van der Waals surface area contributed by atoms with Gasteiger partial charge in [-0.1, -0.05) is 62.2 Å². The molecule has 0 bridgehead atoms. The molecule has 1 atom stereocenters. The van der Waals surface area contributed by atoms with E-state index in [-0.39, 0.29) is 15.1 Å². The Labute approximate surface area is 271 Å². The van der Waals surface area contributed by atoms with Gasteiger partial charge in [0.25, 0.3) is 0 Å². The molecule has 0 fully saturated rings. The highest BCUT2D eigenvalue weighted by molar-refractivity contribution is 7.26. The first-order chi connectivity index (χ1) is 22.3. The fraction of sp³-hybridized carbons (Fsp3) is 0.257. The van der Waals surface area contributed by atoms with Crippen LogP contribution in [-0.2, 0) is 0 Å². The van der Waals surface area contributed by atoms with Gasteiger partial charge in [0.15, 0.2) is 11.6 Å². The highest BCUT2D eigenvalue weighted by atomic mass is 32.1. The first-order valence-electron chi connectivity index (χ1n) is 14.8. The molecule has 2 aromatic heterocycles. The van der Waals surface area contributed by atoms with E-state index in [1.165, 1.54) is 23.5 Å². The molecule has 0 N–H and O–H groups in total. The van der Waals surface area contributed by atoms with Crippen molar-refractivity contribution in [3.63, 3.8) is 0 Å². The summed E-state index contributed by atoms with van der Waals surface area (Å²) in [5.74, 6) is -1.99. The average molecular weight is 695 g/mol. The van der Waals surface area contributed by atoms with Crippen molar-refractivity contribution in [1.29, 1.82) is 0 Å². The van der Waals surface area contributed by atoms with Gasteiger partial charge in [0.1, 0.15) is 11.6 Å². The molecule has 4 aromatic carbocycles. The number of thiophene rings is 2. The minimum Gasteiger partial charge on any atom is -0.405 e. The molecule has 0 saturated heterocycles. The predicted octanol–water partition coefficient (Wildman–Crippen LogP) is 13.2. The maximum absolute atomic E-state index is 15.3. The number of rotatable bonds is 5. The molecule has 246 valence electrons. The molecule has 0 spiro atoms. The van der Waals surface area contributed by atoms with E-state index in [0.717, 1.165) is 69.9 Å². The largest absolute Gasteiger partial charge is 0.573 e. The van der Waals surface area contributed by atoms with E-state index in [1.54, 1.807) is 36.4 Å². The van der Waals surface area contributed by atoms with Gasteiger partial charge in [-0.05, 0) is 61.1 Å². The topological polar surface area (TPSA) is 18.5 Å². The molecule has 0 amide bonds. The van der Waals surface area contributed by atoms with Crippen LogP contribution in [0, 0.1) is 17.6 Å². The number of halogens is 8. The Morgan fingerprint density at radius 2 is 1.36 bits per heavy atom. The van der Waals surface area contributed by atoms with Gasteiger partial charge >= 0.3 is 12.7 Å². The van der Waals surface area contributed by atoms with Gasteiger partial charge in [0, 0.05) is 36.5 Å². The Kier molecular flexibility index (Phi) is 9.10. The summed E-state index contributed by atoms with van der Waals surface area (Å²) in [6, 6.07) is 17.7. The van der Waals surface area contributed by atoms with E-state index >= 15 is 4.39 Å². The van der Waals surface area contributed by atoms with Crippen molar-refractivity contribution in [2.24, 2.45) is 5.92 Å². The molecule has 1 aliphatic carbocycles. The molecule has 6 aromatic rings. The summed E-state index contributed by atoms with van der Waals surface area (Å²) in [5, 5.41) is 2.18. The van der Waals surface area contributed by atoms with Crippen molar-refractivity contribution < 1.29 is 44.6 Å². The lowest BCUT2D eigenvalue weighted by Gasteiger charge is -2.22. The van der Waals surface area contributed by atoms with Gasteiger partial charge in [-0.2, -0.15) is 0 Å². The Bertz CT molecular complexity index is 2110. The third-order valence-electron chi connectivity index (χ3n) is 8.03. The van der Waals surface area contributed by atoms with Crippen LogP contribution < -0.4 is 9.47 Å². The van der Waals surface area contributed by atoms with Gasteiger partial charge in [-0.15, -0.1) is 49.0 Å². The standard InChI is InChI=1S/C22H19F5OS.C13H7F3OS/c1-2-3-12-4-6-13(7-5-12)14-8-9-15-16-10-11-17(28-22(25,26)27)19(24)21(16)29-20(15)18(14)23;14-13(15,16)17-9-5-3-7-11-12(9)8-4-1-2-6-10(8)18-11/h6,8-12H,2-5,7H2,1H3;1-7H. The molecular formula is C35H26F8O2S2. The van der Waals surface area contributed by atoms with Gasteiger partial charge in [0.2, 0.25) is 0 Å². The van der Waals surface area contributed by atoms with Crippen LogP contribution in [0.4, 0.5) is 35.1 Å². The summed E-state index contributed by atoms with van der Waals surface area (Å²) < 4.78 is 114. The van der Waals surface area contributed by atoms with Crippen LogP contribution in [-0.4, -0.2) is 12.7 Å². The number of allylic oxidation sites excluding steroid dienone is 2. The van der Waals surface area contributed by atoms with E-state index in [1.807, 2.05) is 12.1 Å². The van der Waals surface area contributed by atoms with Crippen molar-refractivity contribution in [3.8, 4) is 11.5 Å². The maximum Gasteiger partial charge on any atom is 0.573 e. The number of ether oxygens (including phenoxy) is 2. The minimum absolute atomic E-state index is 0.0431. The zero-order valence-electron chi connectivity index (χ0n) is 24.7. The lowest BCUT2D eigenvalue weighted by atomic mass is 9.84. The SMILES string of the molecule is CCCC1CC=C(c2ccc3c(sc4c(F)c(OC(F)(F)F)ccc43)c2F)CC1.FC(F)(F)Oc1cccc2sc3ccccc3c12. The summed E-state index contributed by atoms with van der Waals surface area (Å²) in [7, 11) is 0. The molecule has 47 heavy (non-hydrogen) atoms. The fourth-order valence-electron chi connectivity index (χ4n) is 6.03. The van der Waals surface area contributed by atoms with Crippen molar-refractivity contribution in [2.75, 3.05) is 0 Å². The number of hydrogen-bond acceptors (Lipinski definition) is 4. The van der Waals surface area contributed by atoms with Crippen LogP contribution in [0.2, 0.25) is 0 Å². The summed E-state index contributed by atoms with van der Waals surface area (Å²) in [6.45, 7) is 2.15. The van der Waals surface area contributed by atoms with Crippen molar-refractivity contribution in [2.45, 2.75) is 51.8 Å². The van der Waals surface area contributed by atoms with Crippen molar-refractivity contribution in [3.05, 3.63) is 90.0 Å². The zero-order valence-corrected chi connectivity index (χ0v) is 26.3. The van der Waals surface area contributed by atoms with E-state index < -0.39 is 30.1 Å². The van der Waals surface area contributed by atoms with Crippen LogP contribution in [0.3, 0.4) is 0 Å². The van der Waals surface area contributed by atoms with Crippen molar-refractivity contribution >= 4 is 68.6 Å². The van der Waals surface area contributed by atoms with E-state index in [4.69, 9.17) is 0 Å². The summed E-state index contributed by atoms with van der Waals surface area (Å²) in [4.78, 5) is 0. The fourth-order valence-corrected chi connectivity index (χ4v) is 8.32. The maximum atomic E-state index is 15.3. The molecule has 1 aliphatic rings. The normalized spacial score (nSPS) is 15.6. The average Bonchev–Trinajstić information content (AvgIpc) is 3.59. The third-order valence-corrected chi connectivity index (χ3v) is 10.4. The molecule has 1 unspecified atom stereocenters. The molecule has 2 nitrogen and oxygen atoms in total. The smallest absolute Gasteiger partial charge is 0.405 e. The molecule has 0 aliphatic heterocycles. The zero-order chi connectivity index (χ0) is 33.5. The second-order valence-corrected chi connectivity index (χ2v) is 13.2. The van der Waals surface area contributed by atoms with Gasteiger partial charge in [-0.3, -0.25) is 0 Å². The number of benzene rings is 4. The Balaban J connectivity index is 0.000000183. The van der Waals surface area contributed by atoms with Crippen molar-refractivity contribution in [1.82, 2.24) is 0 Å². The minimum atomic E-state index is -4.99. The Morgan fingerprint density at radius 3 is 2.04 bits per heavy atom. The third kappa shape index (κ3) is 7.03. The summed E-state index contributed by atoms with van der Waals surface area (Å²) in [5.41, 5.74) is 1.43. The van der Waals surface area contributed by atoms with Gasteiger partial charge < -0.3 is 9.47 Å². The predicted molar refractivity (Wildman–Crippen MR) is 172 cm³/mol. The lowest BCUT2D eigenvalue weighted by Crippen LogP contribution is -2.17. The molecule has 7 rings (SSSR count). The molecular weight excluding hydrogens is 669 g/mol. The summed E-state index contributed by atoms with van der Waals surface area (Å²) >= 11 is 2.27. The number of hydrogen-bond donors (Lipinski definition) is 0. The van der Waals surface area contributed by atoms with Crippen LogP contribution in [0.5, 0.6) is 11.5 Å². The van der Waals surface area contributed by atoms with Crippen LogP contribution >= 0.6 is 22.7 Å². The first-order valence-corrected chi connectivity index (χ1v) is 16.4. The number of fused-ring (bicyclic) bond motifs is 6. The Morgan fingerprint density at radius 1 is 0.702 bits per heavy atom. The van der Waals surface area contributed by atoms with Crippen LogP contribution in [0.25, 0.3) is 45.9 Å². The monoisotopic (exact) mass is 694 g/mol. The highest BCUT2D eigenvalue weighted by Gasteiger charge is 2.34. The van der Waals surface area contributed by atoms with Gasteiger partial charge in [-0.25, -0.2) is 8.78 Å². The molecule has 0 saturated carbocycles. The quantitative estimate of drug-likeness (QED) is 0.167.